The number of thioether (sulfide) groups is 1. The Hall–Kier alpha value is 0.0200. The first-order chi connectivity index (χ1) is 7.48. The van der Waals surface area contributed by atoms with E-state index in [0.29, 0.717) is 0 Å². The Morgan fingerprint density at radius 2 is 1.50 bits per heavy atom. The largest absolute Gasteiger partial charge is 0.288 e. The van der Waals surface area contributed by atoms with Crippen LogP contribution in [0.2, 0.25) is 0 Å². The Kier molecular flexibility index (Phi) is 9.10. The molecule has 0 N–H and O–H groups in total. The van der Waals surface area contributed by atoms with E-state index in [1.807, 2.05) is 0 Å². The van der Waals surface area contributed by atoms with E-state index in [9.17, 15) is 4.79 Å². The average Bonchev–Trinajstić information content (AvgIpc) is 2.14. The molecule has 2 heteroatoms. The molecule has 0 aliphatic rings. The van der Waals surface area contributed by atoms with Crippen molar-refractivity contribution in [2.45, 2.75) is 83.8 Å². The lowest BCUT2D eigenvalue weighted by Crippen LogP contribution is -2.16. The van der Waals surface area contributed by atoms with E-state index in [4.69, 9.17) is 0 Å². The zero-order chi connectivity index (χ0) is 12.4. The van der Waals surface area contributed by atoms with Gasteiger partial charge in [0, 0.05) is 11.7 Å². The summed E-state index contributed by atoms with van der Waals surface area (Å²) in [5, 5.41) is 0.243. The Balaban J connectivity index is 3.39. The minimum atomic E-state index is 0.134. The van der Waals surface area contributed by atoms with Crippen molar-refractivity contribution in [3.8, 4) is 0 Å². The minimum Gasteiger partial charge on any atom is -0.288 e. The number of unbranched alkanes of at least 4 members (excludes halogenated alkanes) is 6. The van der Waals surface area contributed by atoms with Crippen molar-refractivity contribution < 1.29 is 4.79 Å². The smallest absolute Gasteiger partial charge is 0.186 e. The van der Waals surface area contributed by atoms with Gasteiger partial charge < -0.3 is 0 Å². The molecule has 0 aliphatic heterocycles. The lowest BCUT2D eigenvalue weighted by molar-refractivity contribution is -0.109. The van der Waals surface area contributed by atoms with Gasteiger partial charge in [0.25, 0.3) is 0 Å². The fraction of sp³-hybridized carbons (Fsp3) is 0.929. The summed E-state index contributed by atoms with van der Waals surface area (Å²) in [6.07, 6.45) is 10.6. The highest BCUT2D eigenvalue weighted by Gasteiger charge is 2.19. The van der Waals surface area contributed by atoms with E-state index in [0.717, 1.165) is 6.42 Å². The summed E-state index contributed by atoms with van der Waals surface area (Å²) in [4.78, 5) is 11.0. The molecule has 0 radical (unpaired) electrons. The molecule has 0 unspecified atom stereocenters. The maximum absolute atomic E-state index is 11.0. The van der Waals surface area contributed by atoms with Crippen LogP contribution in [0.15, 0.2) is 0 Å². The summed E-state index contributed by atoms with van der Waals surface area (Å²) in [6, 6.07) is 0. The lowest BCUT2D eigenvalue weighted by atomic mass is 10.0. The Morgan fingerprint density at radius 1 is 1.00 bits per heavy atom. The summed E-state index contributed by atoms with van der Waals surface area (Å²) in [6.45, 7) is 8.27. The highest BCUT2D eigenvalue weighted by Crippen LogP contribution is 2.30. The molecule has 0 atom stereocenters. The van der Waals surface area contributed by atoms with E-state index < -0.39 is 0 Å². The van der Waals surface area contributed by atoms with Crippen molar-refractivity contribution in [3.63, 3.8) is 0 Å². The fourth-order valence-electron chi connectivity index (χ4n) is 1.95. The van der Waals surface area contributed by atoms with Crippen molar-refractivity contribution in [1.82, 2.24) is 0 Å². The number of hydrogen-bond donors (Lipinski definition) is 0. The van der Waals surface area contributed by atoms with Crippen LogP contribution in [0, 0.1) is 0 Å². The summed E-state index contributed by atoms with van der Waals surface area (Å²) >= 11 is 1.49. The normalized spacial score (nSPS) is 11.8. The molecule has 0 rings (SSSR count). The van der Waals surface area contributed by atoms with Gasteiger partial charge in [0.15, 0.2) is 5.12 Å². The predicted molar refractivity (Wildman–Crippen MR) is 75.0 cm³/mol. The van der Waals surface area contributed by atoms with Crippen LogP contribution in [-0.4, -0.2) is 9.86 Å². The molecule has 0 amide bonds. The van der Waals surface area contributed by atoms with E-state index in [1.165, 1.54) is 56.7 Å². The average molecular weight is 244 g/mol. The second-order valence-corrected chi connectivity index (χ2v) is 7.11. The number of carbonyl (C=O) groups excluding carboxylic acids is 1. The first-order valence-corrected chi connectivity index (χ1v) is 7.49. The number of rotatable bonds is 9. The molecule has 0 fully saturated rings. The zero-order valence-electron chi connectivity index (χ0n) is 11.5. The van der Waals surface area contributed by atoms with Crippen LogP contribution < -0.4 is 0 Å². The second kappa shape index (κ2) is 9.09. The Bertz CT molecular complexity index is 187. The number of carbonyl (C=O) groups is 1. The van der Waals surface area contributed by atoms with Gasteiger partial charge >= 0.3 is 0 Å². The van der Waals surface area contributed by atoms with Crippen LogP contribution >= 0.6 is 11.8 Å². The van der Waals surface area contributed by atoms with Crippen molar-refractivity contribution >= 4 is 16.9 Å². The maximum Gasteiger partial charge on any atom is 0.186 e. The lowest BCUT2D eigenvalue weighted by Gasteiger charge is -2.21. The molecule has 96 valence electrons. The van der Waals surface area contributed by atoms with Crippen molar-refractivity contribution in [3.05, 3.63) is 0 Å². The summed E-state index contributed by atoms with van der Waals surface area (Å²) in [7, 11) is 0. The first kappa shape index (κ1) is 16.0. The minimum absolute atomic E-state index is 0.134. The van der Waals surface area contributed by atoms with Gasteiger partial charge in [-0.05, 0) is 6.42 Å². The Labute approximate surface area is 106 Å². The SMILES string of the molecule is CCCCCCCCCC(C)(C)SC(C)=O. The fourth-order valence-corrected chi connectivity index (χ4v) is 2.97. The summed E-state index contributed by atoms with van der Waals surface area (Å²) < 4.78 is 0.134. The van der Waals surface area contributed by atoms with Gasteiger partial charge in [-0.15, -0.1) is 0 Å². The van der Waals surface area contributed by atoms with Crippen LogP contribution in [0.3, 0.4) is 0 Å². The molecule has 0 spiro atoms. The standard InChI is InChI=1S/C14H28OS/c1-5-6-7-8-9-10-11-12-14(3,4)16-13(2)15/h5-12H2,1-4H3. The molecule has 0 aromatic carbocycles. The third-order valence-electron chi connectivity index (χ3n) is 2.80. The van der Waals surface area contributed by atoms with Crippen molar-refractivity contribution in [1.29, 1.82) is 0 Å². The third-order valence-corrected chi connectivity index (χ3v) is 3.85. The highest BCUT2D eigenvalue weighted by molar-refractivity contribution is 8.14. The van der Waals surface area contributed by atoms with Gasteiger partial charge in [-0.3, -0.25) is 4.79 Å². The van der Waals surface area contributed by atoms with Gasteiger partial charge in [-0.2, -0.15) is 0 Å². The molecular formula is C14H28OS. The monoisotopic (exact) mass is 244 g/mol. The summed E-state index contributed by atoms with van der Waals surface area (Å²) in [5.74, 6) is 0. The van der Waals surface area contributed by atoms with Gasteiger partial charge in [-0.25, -0.2) is 0 Å². The predicted octanol–water partition coefficient (Wildman–Crippen LogP) is 5.19. The molecule has 1 nitrogen and oxygen atoms in total. The van der Waals surface area contributed by atoms with Crippen LogP contribution in [-0.2, 0) is 4.79 Å². The molecule has 16 heavy (non-hydrogen) atoms. The summed E-state index contributed by atoms with van der Waals surface area (Å²) in [5.41, 5.74) is 0. The molecule has 0 aliphatic carbocycles. The van der Waals surface area contributed by atoms with Crippen molar-refractivity contribution in [2.75, 3.05) is 0 Å². The van der Waals surface area contributed by atoms with Crippen LogP contribution in [0.25, 0.3) is 0 Å². The second-order valence-electron chi connectivity index (χ2n) is 5.22. The number of hydrogen-bond acceptors (Lipinski definition) is 2. The zero-order valence-corrected chi connectivity index (χ0v) is 12.3. The molecule has 0 saturated carbocycles. The molecular weight excluding hydrogens is 216 g/mol. The third kappa shape index (κ3) is 10.5. The van der Waals surface area contributed by atoms with Gasteiger partial charge in [-0.1, -0.05) is 77.5 Å². The van der Waals surface area contributed by atoms with E-state index in [-0.39, 0.29) is 9.86 Å². The van der Waals surface area contributed by atoms with Gasteiger partial charge in [0.05, 0.1) is 0 Å². The quantitative estimate of drug-likeness (QED) is 0.519. The molecule has 0 heterocycles. The van der Waals surface area contributed by atoms with Gasteiger partial charge in [0.1, 0.15) is 0 Å². The molecule has 0 bridgehead atoms. The van der Waals surface area contributed by atoms with Crippen LogP contribution in [0.5, 0.6) is 0 Å². The highest BCUT2D eigenvalue weighted by atomic mass is 32.2. The maximum atomic E-state index is 11.0. The van der Waals surface area contributed by atoms with E-state index in [1.54, 1.807) is 6.92 Å². The molecule has 0 aromatic heterocycles. The topological polar surface area (TPSA) is 17.1 Å². The van der Waals surface area contributed by atoms with Crippen LogP contribution in [0.4, 0.5) is 0 Å². The Morgan fingerprint density at radius 3 is 2.00 bits per heavy atom. The van der Waals surface area contributed by atoms with E-state index >= 15 is 0 Å². The molecule has 0 saturated heterocycles. The van der Waals surface area contributed by atoms with Gasteiger partial charge in [0.2, 0.25) is 0 Å². The first-order valence-electron chi connectivity index (χ1n) is 6.67. The van der Waals surface area contributed by atoms with Crippen LogP contribution in [0.1, 0.15) is 79.1 Å². The molecule has 0 aromatic rings. The van der Waals surface area contributed by atoms with Crippen molar-refractivity contribution in [2.24, 2.45) is 0 Å². The van der Waals surface area contributed by atoms with E-state index in [2.05, 4.69) is 20.8 Å².